The summed E-state index contributed by atoms with van der Waals surface area (Å²) in [6.45, 7) is 2.79. The predicted octanol–water partition coefficient (Wildman–Crippen LogP) is 3.82. The number of nitro benzene ring substituents is 1. The number of non-ortho nitro benzene ring substituents is 1. The first-order chi connectivity index (χ1) is 8.66. The van der Waals surface area contributed by atoms with Crippen LogP contribution >= 0.6 is 0 Å². The van der Waals surface area contributed by atoms with Crippen LogP contribution in [0.2, 0.25) is 0 Å². The minimum absolute atomic E-state index is 0.150. The number of aryl methyl sites for hydroxylation is 1. The van der Waals surface area contributed by atoms with E-state index in [0.29, 0.717) is 0 Å². The monoisotopic (exact) mass is 246 g/mol. The quantitative estimate of drug-likeness (QED) is 0.488. The lowest BCUT2D eigenvalue weighted by molar-refractivity contribution is -0.384. The molecule has 0 amide bonds. The third kappa shape index (κ3) is 3.09. The molecule has 0 aromatic heterocycles. The van der Waals surface area contributed by atoms with Crippen molar-refractivity contribution in [3.8, 4) is 0 Å². The van der Waals surface area contributed by atoms with Gasteiger partial charge in [-0.15, -0.1) is 0 Å². The molecule has 0 spiro atoms. The molecule has 0 heterocycles. The molecule has 1 aliphatic carbocycles. The largest absolute Gasteiger partial charge is 0.385 e. The van der Waals surface area contributed by atoms with Gasteiger partial charge in [-0.2, -0.15) is 0 Å². The molecule has 0 aliphatic heterocycles. The lowest BCUT2D eigenvalue weighted by Crippen LogP contribution is -2.04. The SMILES string of the molecule is Cc1cc([N+](=O)[O-])ccc1NCCC1=CCCC1. The minimum atomic E-state index is -0.361. The number of nitrogens with zero attached hydrogens (tertiary/aromatic N) is 1. The number of benzene rings is 1. The summed E-state index contributed by atoms with van der Waals surface area (Å²) in [5.74, 6) is 0. The van der Waals surface area contributed by atoms with E-state index >= 15 is 0 Å². The van der Waals surface area contributed by atoms with E-state index in [1.165, 1.54) is 24.8 Å². The van der Waals surface area contributed by atoms with E-state index < -0.39 is 0 Å². The van der Waals surface area contributed by atoms with E-state index in [1.807, 2.05) is 6.92 Å². The third-order valence-electron chi connectivity index (χ3n) is 3.32. The van der Waals surface area contributed by atoms with Crippen LogP contribution in [0.3, 0.4) is 0 Å². The lowest BCUT2D eigenvalue weighted by atomic mass is 10.1. The minimum Gasteiger partial charge on any atom is -0.385 e. The van der Waals surface area contributed by atoms with Gasteiger partial charge >= 0.3 is 0 Å². The second kappa shape index (κ2) is 5.67. The molecule has 0 atom stereocenters. The molecule has 18 heavy (non-hydrogen) atoms. The van der Waals surface area contributed by atoms with Crippen LogP contribution < -0.4 is 5.32 Å². The Hall–Kier alpha value is -1.84. The van der Waals surface area contributed by atoms with Gasteiger partial charge < -0.3 is 5.32 Å². The summed E-state index contributed by atoms with van der Waals surface area (Å²) in [6.07, 6.45) is 7.11. The highest BCUT2D eigenvalue weighted by Gasteiger charge is 2.08. The Morgan fingerprint density at radius 3 is 2.89 bits per heavy atom. The van der Waals surface area contributed by atoms with Gasteiger partial charge in [-0.3, -0.25) is 10.1 Å². The first-order valence-electron chi connectivity index (χ1n) is 6.33. The Kier molecular flexibility index (Phi) is 3.97. The maximum Gasteiger partial charge on any atom is 0.269 e. The van der Waals surface area contributed by atoms with Crippen molar-refractivity contribution in [3.63, 3.8) is 0 Å². The van der Waals surface area contributed by atoms with Crippen molar-refractivity contribution in [2.45, 2.75) is 32.6 Å². The Labute approximate surface area is 107 Å². The molecule has 0 unspecified atom stereocenters. The number of anilines is 1. The molecule has 0 fully saturated rings. The smallest absolute Gasteiger partial charge is 0.269 e. The highest BCUT2D eigenvalue weighted by molar-refractivity contribution is 5.55. The van der Waals surface area contributed by atoms with Gasteiger partial charge in [0.15, 0.2) is 0 Å². The Morgan fingerprint density at radius 1 is 1.44 bits per heavy atom. The molecule has 4 nitrogen and oxygen atoms in total. The van der Waals surface area contributed by atoms with Gasteiger partial charge in [-0.1, -0.05) is 11.6 Å². The molecule has 96 valence electrons. The molecule has 0 saturated carbocycles. The van der Waals surface area contributed by atoms with Crippen LogP contribution in [0, 0.1) is 17.0 Å². The fourth-order valence-corrected chi connectivity index (χ4v) is 2.28. The van der Waals surface area contributed by atoms with Crippen LogP contribution in [-0.2, 0) is 0 Å². The molecule has 1 aliphatic rings. The fraction of sp³-hybridized carbons (Fsp3) is 0.429. The first kappa shape index (κ1) is 12.6. The molecular formula is C14H18N2O2. The van der Waals surface area contributed by atoms with Gasteiger partial charge in [0, 0.05) is 24.4 Å². The Balaban J connectivity index is 1.91. The van der Waals surface area contributed by atoms with Crippen LogP contribution in [-0.4, -0.2) is 11.5 Å². The van der Waals surface area contributed by atoms with Crippen molar-refractivity contribution in [1.82, 2.24) is 0 Å². The van der Waals surface area contributed by atoms with Crippen molar-refractivity contribution in [2.24, 2.45) is 0 Å². The van der Waals surface area contributed by atoms with Crippen LogP contribution in [0.4, 0.5) is 11.4 Å². The number of hydrogen-bond acceptors (Lipinski definition) is 3. The normalized spacial score (nSPS) is 14.4. The van der Waals surface area contributed by atoms with E-state index in [0.717, 1.165) is 24.2 Å². The summed E-state index contributed by atoms with van der Waals surface area (Å²) in [5.41, 5.74) is 3.59. The summed E-state index contributed by atoms with van der Waals surface area (Å²) in [6, 6.07) is 4.94. The predicted molar refractivity (Wildman–Crippen MR) is 72.9 cm³/mol. The van der Waals surface area contributed by atoms with Crippen molar-refractivity contribution in [3.05, 3.63) is 45.5 Å². The van der Waals surface area contributed by atoms with Crippen LogP contribution in [0.1, 0.15) is 31.2 Å². The van der Waals surface area contributed by atoms with Gasteiger partial charge in [0.05, 0.1) is 4.92 Å². The number of nitro groups is 1. The number of rotatable bonds is 5. The molecule has 0 bridgehead atoms. The van der Waals surface area contributed by atoms with E-state index in [4.69, 9.17) is 0 Å². The average Bonchev–Trinajstić information content (AvgIpc) is 2.84. The maximum atomic E-state index is 10.6. The summed E-state index contributed by atoms with van der Waals surface area (Å²) < 4.78 is 0. The molecule has 4 heteroatoms. The fourth-order valence-electron chi connectivity index (χ4n) is 2.28. The number of nitrogens with one attached hydrogen (secondary N) is 1. The second-order valence-electron chi connectivity index (χ2n) is 4.69. The van der Waals surface area contributed by atoms with E-state index in [-0.39, 0.29) is 10.6 Å². The van der Waals surface area contributed by atoms with Crippen LogP contribution in [0.5, 0.6) is 0 Å². The molecular weight excluding hydrogens is 228 g/mol. The highest BCUT2D eigenvalue weighted by atomic mass is 16.6. The molecule has 1 aromatic carbocycles. The van der Waals surface area contributed by atoms with E-state index in [9.17, 15) is 10.1 Å². The number of allylic oxidation sites excluding steroid dienone is 1. The lowest BCUT2D eigenvalue weighted by Gasteiger charge is -2.09. The average molecular weight is 246 g/mol. The molecule has 0 saturated heterocycles. The zero-order valence-electron chi connectivity index (χ0n) is 10.6. The Bertz CT molecular complexity index is 481. The van der Waals surface area contributed by atoms with Gasteiger partial charge in [-0.05, 0) is 44.2 Å². The van der Waals surface area contributed by atoms with E-state index in [1.54, 1.807) is 18.2 Å². The topological polar surface area (TPSA) is 55.2 Å². The summed E-state index contributed by atoms with van der Waals surface area (Å²) in [4.78, 5) is 10.3. The third-order valence-corrected chi connectivity index (χ3v) is 3.32. The van der Waals surface area contributed by atoms with Crippen molar-refractivity contribution < 1.29 is 4.92 Å². The van der Waals surface area contributed by atoms with Crippen LogP contribution in [0.15, 0.2) is 29.8 Å². The van der Waals surface area contributed by atoms with Crippen molar-refractivity contribution >= 4 is 11.4 Å². The van der Waals surface area contributed by atoms with Gasteiger partial charge in [0.2, 0.25) is 0 Å². The highest BCUT2D eigenvalue weighted by Crippen LogP contribution is 2.23. The summed E-state index contributed by atoms with van der Waals surface area (Å²) >= 11 is 0. The molecule has 2 rings (SSSR count). The van der Waals surface area contributed by atoms with Gasteiger partial charge in [0.1, 0.15) is 0 Å². The molecule has 1 aromatic rings. The molecule has 0 radical (unpaired) electrons. The van der Waals surface area contributed by atoms with Crippen molar-refractivity contribution in [2.75, 3.05) is 11.9 Å². The molecule has 1 N–H and O–H groups in total. The Morgan fingerprint density at radius 2 is 2.28 bits per heavy atom. The first-order valence-corrected chi connectivity index (χ1v) is 6.33. The van der Waals surface area contributed by atoms with Crippen LogP contribution in [0.25, 0.3) is 0 Å². The van der Waals surface area contributed by atoms with Gasteiger partial charge in [0.25, 0.3) is 5.69 Å². The zero-order valence-corrected chi connectivity index (χ0v) is 10.6. The maximum absolute atomic E-state index is 10.6. The second-order valence-corrected chi connectivity index (χ2v) is 4.69. The number of hydrogen-bond donors (Lipinski definition) is 1. The van der Waals surface area contributed by atoms with Crippen molar-refractivity contribution in [1.29, 1.82) is 0 Å². The summed E-state index contributed by atoms with van der Waals surface area (Å²) in [7, 11) is 0. The zero-order chi connectivity index (χ0) is 13.0. The van der Waals surface area contributed by atoms with Gasteiger partial charge in [-0.25, -0.2) is 0 Å². The van der Waals surface area contributed by atoms with E-state index in [2.05, 4.69) is 11.4 Å². The standard InChI is InChI=1S/C14H18N2O2/c1-11-10-13(16(17)18)6-7-14(11)15-9-8-12-4-2-3-5-12/h4,6-7,10,15H,2-3,5,8-9H2,1H3. The summed E-state index contributed by atoms with van der Waals surface area (Å²) in [5, 5.41) is 14.0.